The SMILES string of the molecule is CCNC1CCCCc2cn(CC)cc21. The predicted octanol–water partition coefficient (Wildman–Crippen LogP) is 2.89. The predicted molar refractivity (Wildman–Crippen MR) is 64.1 cm³/mol. The molecule has 1 atom stereocenters. The van der Waals surface area contributed by atoms with Crippen LogP contribution >= 0.6 is 0 Å². The minimum Gasteiger partial charge on any atom is -0.354 e. The molecule has 0 radical (unpaired) electrons. The number of nitrogens with zero attached hydrogens (tertiary/aromatic N) is 1. The minimum atomic E-state index is 0.597. The van der Waals surface area contributed by atoms with Gasteiger partial charge in [-0.15, -0.1) is 0 Å². The first-order valence-electron chi connectivity index (χ1n) is 6.27. The third-order valence-corrected chi connectivity index (χ3v) is 3.38. The van der Waals surface area contributed by atoms with Crippen LogP contribution in [0.15, 0.2) is 12.4 Å². The summed E-state index contributed by atoms with van der Waals surface area (Å²) >= 11 is 0. The lowest BCUT2D eigenvalue weighted by Gasteiger charge is -2.15. The van der Waals surface area contributed by atoms with Gasteiger partial charge < -0.3 is 9.88 Å². The molecule has 1 heterocycles. The second kappa shape index (κ2) is 4.84. The summed E-state index contributed by atoms with van der Waals surface area (Å²) in [5, 5.41) is 3.60. The monoisotopic (exact) mass is 206 g/mol. The molecule has 0 fully saturated rings. The molecule has 0 aliphatic heterocycles. The first kappa shape index (κ1) is 10.7. The summed E-state index contributed by atoms with van der Waals surface area (Å²) in [5.41, 5.74) is 3.12. The molecule has 15 heavy (non-hydrogen) atoms. The second-order valence-corrected chi connectivity index (χ2v) is 4.43. The Morgan fingerprint density at radius 3 is 2.93 bits per heavy atom. The fourth-order valence-electron chi connectivity index (χ4n) is 2.56. The summed E-state index contributed by atoms with van der Waals surface area (Å²) in [6.07, 6.45) is 9.96. The van der Waals surface area contributed by atoms with E-state index in [1.807, 2.05) is 0 Å². The van der Waals surface area contributed by atoms with Crippen LogP contribution in [0, 0.1) is 0 Å². The van der Waals surface area contributed by atoms with Gasteiger partial charge in [-0.3, -0.25) is 0 Å². The van der Waals surface area contributed by atoms with Crippen molar-refractivity contribution in [1.29, 1.82) is 0 Å². The van der Waals surface area contributed by atoms with E-state index in [9.17, 15) is 0 Å². The van der Waals surface area contributed by atoms with E-state index in [4.69, 9.17) is 0 Å². The first-order chi connectivity index (χ1) is 7.35. The van der Waals surface area contributed by atoms with Crippen LogP contribution in [0.25, 0.3) is 0 Å². The number of hydrogen-bond donors (Lipinski definition) is 1. The molecule has 0 saturated carbocycles. The van der Waals surface area contributed by atoms with Gasteiger partial charge in [0.15, 0.2) is 0 Å². The summed E-state index contributed by atoms with van der Waals surface area (Å²) < 4.78 is 2.32. The van der Waals surface area contributed by atoms with Crippen molar-refractivity contribution in [2.45, 2.75) is 52.1 Å². The number of aryl methyl sites for hydroxylation is 2. The van der Waals surface area contributed by atoms with Gasteiger partial charge in [-0.05, 0) is 43.9 Å². The summed E-state index contributed by atoms with van der Waals surface area (Å²) in [4.78, 5) is 0. The summed E-state index contributed by atoms with van der Waals surface area (Å²) in [6, 6.07) is 0.597. The van der Waals surface area contributed by atoms with Crippen molar-refractivity contribution >= 4 is 0 Å². The summed E-state index contributed by atoms with van der Waals surface area (Å²) in [5.74, 6) is 0. The van der Waals surface area contributed by atoms with Gasteiger partial charge in [-0.25, -0.2) is 0 Å². The molecule has 0 aromatic carbocycles. The van der Waals surface area contributed by atoms with E-state index < -0.39 is 0 Å². The Balaban J connectivity index is 2.26. The van der Waals surface area contributed by atoms with Crippen molar-refractivity contribution in [1.82, 2.24) is 9.88 Å². The largest absolute Gasteiger partial charge is 0.354 e. The van der Waals surface area contributed by atoms with E-state index in [2.05, 4.69) is 36.1 Å². The lowest BCUT2D eigenvalue weighted by atomic mass is 10.0. The van der Waals surface area contributed by atoms with E-state index in [0.29, 0.717) is 6.04 Å². The zero-order valence-corrected chi connectivity index (χ0v) is 9.92. The molecule has 1 aromatic rings. The molecule has 84 valence electrons. The molecule has 2 nitrogen and oxygen atoms in total. The highest BCUT2D eigenvalue weighted by Gasteiger charge is 2.19. The van der Waals surface area contributed by atoms with Gasteiger partial charge >= 0.3 is 0 Å². The molecule has 0 spiro atoms. The lowest BCUT2D eigenvalue weighted by Crippen LogP contribution is -2.20. The van der Waals surface area contributed by atoms with Crippen molar-refractivity contribution in [2.24, 2.45) is 0 Å². The molecule has 1 unspecified atom stereocenters. The smallest absolute Gasteiger partial charge is 0.0337 e. The van der Waals surface area contributed by atoms with Crippen molar-refractivity contribution in [3.05, 3.63) is 23.5 Å². The highest BCUT2D eigenvalue weighted by atomic mass is 15.0. The van der Waals surface area contributed by atoms with Crippen molar-refractivity contribution < 1.29 is 0 Å². The molecular weight excluding hydrogens is 184 g/mol. The molecule has 0 saturated heterocycles. The van der Waals surface area contributed by atoms with Crippen LogP contribution in [0.4, 0.5) is 0 Å². The number of fused-ring (bicyclic) bond motifs is 1. The first-order valence-corrected chi connectivity index (χ1v) is 6.27. The Morgan fingerprint density at radius 1 is 1.33 bits per heavy atom. The number of rotatable bonds is 3. The van der Waals surface area contributed by atoms with Gasteiger partial charge in [-0.2, -0.15) is 0 Å². The zero-order valence-electron chi connectivity index (χ0n) is 9.92. The Kier molecular flexibility index (Phi) is 3.47. The Hall–Kier alpha value is -0.760. The average Bonchev–Trinajstić information content (AvgIpc) is 2.58. The Labute approximate surface area is 92.7 Å². The molecule has 2 heteroatoms. The highest BCUT2D eigenvalue weighted by molar-refractivity contribution is 5.29. The van der Waals surface area contributed by atoms with E-state index in [1.165, 1.54) is 25.7 Å². The zero-order chi connectivity index (χ0) is 10.7. The summed E-state index contributed by atoms with van der Waals surface area (Å²) in [6.45, 7) is 6.57. The Bertz CT molecular complexity index is 314. The maximum Gasteiger partial charge on any atom is 0.0337 e. The second-order valence-electron chi connectivity index (χ2n) is 4.43. The molecule has 1 N–H and O–H groups in total. The number of hydrogen-bond acceptors (Lipinski definition) is 1. The fraction of sp³-hybridized carbons (Fsp3) is 0.692. The van der Waals surface area contributed by atoms with Gasteiger partial charge in [0.05, 0.1) is 0 Å². The van der Waals surface area contributed by atoms with Crippen LogP contribution in [0.2, 0.25) is 0 Å². The highest BCUT2D eigenvalue weighted by Crippen LogP contribution is 2.29. The molecule has 1 aliphatic carbocycles. The van der Waals surface area contributed by atoms with Crippen molar-refractivity contribution in [3.63, 3.8) is 0 Å². The third-order valence-electron chi connectivity index (χ3n) is 3.38. The van der Waals surface area contributed by atoms with Crippen LogP contribution in [0.5, 0.6) is 0 Å². The Morgan fingerprint density at radius 2 is 2.20 bits per heavy atom. The quantitative estimate of drug-likeness (QED) is 0.752. The van der Waals surface area contributed by atoms with Crippen LogP contribution in [0.1, 0.15) is 50.3 Å². The van der Waals surface area contributed by atoms with Gasteiger partial charge in [0.25, 0.3) is 0 Å². The standard InChI is InChI=1S/C13H22N2/c1-3-14-13-8-6-5-7-11-9-15(4-2)10-12(11)13/h9-10,13-14H,3-8H2,1-2H3. The van der Waals surface area contributed by atoms with Crippen LogP contribution in [-0.2, 0) is 13.0 Å². The normalized spacial score (nSPS) is 21.1. The molecule has 1 aliphatic rings. The van der Waals surface area contributed by atoms with Gasteiger partial charge in [0, 0.05) is 25.0 Å². The van der Waals surface area contributed by atoms with E-state index in [-0.39, 0.29) is 0 Å². The van der Waals surface area contributed by atoms with Gasteiger partial charge in [0.1, 0.15) is 0 Å². The molecule has 0 amide bonds. The number of nitrogens with one attached hydrogen (secondary N) is 1. The number of aromatic nitrogens is 1. The summed E-state index contributed by atoms with van der Waals surface area (Å²) in [7, 11) is 0. The molecule has 1 aromatic heterocycles. The molecule has 0 bridgehead atoms. The topological polar surface area (TPSA) is 17.0 Å². The van der Waals surface area contributed by atoms with Crippen molar-refractivity contribution in [3.8, 4) is 0 Å². The third kappa shape index (κ3) is 2.25. The van der Waals surface area contributed by atoms with Crippen LogP contribution < -0.4 is 5.32 Å². The lowest BCUT2D eigenvalue weighted by molar-refractivity contribution is 0.502. The van der Waals surface area contributed by atoms with E-state index >= 15 is 0 Å². The van der Waals surface area contributed by atoms with Crippen LogP contribution in [0.3, 0.4) is 0 Å². The average molecular weight is 206 g/mol. The maximum absolute atomic E-state index is 3.60. The van der Waals surface area contributed by atoms with Crippen LogP contribution in [-0.4, -0.2) is 11.1 Å². The van der Waals surface area contributed by atoms with Gasteiger partial charge in [0.2, 0.25) is 0 Å². The van der Waals surface area contributed by atoms with Crippen molar-refractivity contribution in [2.75, 3.05) is 6.54 Å². The maximum atomic E-state index is 3.60. The van der Waals surface area contributed by atoms with E-state index in [0.717, 1.165) is 13.1 Å². The fourth-order valence-corrected chi connectivity index (χ4v) is 2.56. The minimum absolute atomic E-state index is 0.597. The van der Waals surface area contributed by atoms with Gasteiger partial charge in [-0.1, -0.05) is 13.3 Å². The molecule has 2 rings (SSSR count). The molecular formula is C13H22N2. The van der Waals surface area contributed by atoms with E-state index in [1.54, 1.807) is 11.1 Å².